The Kier molecular flexibility index (Phi) is 2.91. The molecule has 0 spiro atoms. The van der Waals surface area contributed by atoms with E-state index in [4.69, 9.17) is 4.52 Å². The average Bonchev–Trinajstić information content (AvgIpc) is 2.74. The van der Waals surface area contributed by atoms with Crippen LogP contribution in [0.15, 0.2) is 29.0 Å². The first kappa shape index (κ1) is 11.3. The quantitative estimate of drug-likeness (QED) is 0.880. The van der Waals surface area contributed by atoms with E-state index in [1.165, 1.54) is 0 Å². The zero-order valence-electron chi connectivity index (χ0n) is 9.54. The molecule has 2 aromatic heterocycles. The Morgan fingerprint density at radius 1 is 1.35 bits per heavy atom. The molecule has 0 aliphatic heterocycles. The number of hydrogen-bond donors (Lipinski definition) is 1. The maximum absolute atomic E-state index is 11.3. The van der Waals surface area contributed by atoms with Crippen LogP contribution in [0.25, 0.3) is 11.3 Å². The van der Waals surface area contributed by atoms with Crippen molar-refractivity contribution >= 4 is 5.97 Å². The monoisotopic (exact) mass is 232 g/mol. The van der Waals surface area contributed by atoms with E-state index in [-0.39, 0.29) is 11.5 Å². The average molecular weight is 232 g/mol. The van der Waals surface area contributed by atoms with Crippen molar-refractivity contribution in [1.82, 2.24) is 10.1 Å². The molecule has 5 heteroatoms. The molecule has 0 unspecified atom stereocenters. The number of hydrogen-bond acceptors (Lipinski definition) is 4. The third-order valence-corrected chi connectivity index (χ3v) is 2.41. The van der Waals surface area contributed by atoms with Crippen molar-refractivity contribution in [3.05, 3.63) is 35.9 Å². The van der Waals surface area contributed by atoms with Crippen LogP contribution in [0.3, 0.4) is 0 Å². The predicted octanol–water partition coefficient (Wildman–Crippen LogP) is 2.56. The van der Waals surface area contributed by atoms with Crippen LogP contribution in [0.2, 0.25) is 0 Å². The number of nitrogens with zero attached hydrogens (tertiary/aromatic N) is 2. The van der Waals surface area contributed by atoms with Gasteiger partial charge in [0.05, 0.1) is 0 Å². The summed E-state index contributed by atoms with van der Waals surface area (Å²) in [5.74, 6) is -0.657. The Bertz CT molecular complexity index is 532. The van der Waals surface area contributed by atoms with Crippen LogP contribution in [-0.4, -0.2) is 21.2 Å². The lowest BCUT2D eigenvalue weighted by atomic mass is 10.0. The van der Waals surface area contributed by atoms with E-state index in [2.05, 4.69) is 10.1 Å². The van der Waals surface area contributed by atoms with Crippen molar-refractivity contribution in [2.24, 2.45) is 0 Å². The molecule has 88 valence electrons. The summed E-state index contributed by atoms with van der Waals surface area (Å²) in [6, 6.07) is 3.41. The topological polar surface area (TPSA) is 76.2 Å². The second-order valence-electron chi connectivity index (χ2n) is 3.97. The summed E-state index contributed by atoms with van der Waals surface area (Å²) < 4.78 is 5.12. The lowest BCUT2D eigenvalue weighted by Crippen LogP contribution is -2.02. The molecule has 0 atom stereocenters. The first-order chi connectivity index (χ1) is 8.11. The number of carboxylic acids is 1. The summed E-state index contributed by atoms with van der Waals surface area (Å²) in [6.07, 6.45) is 3.18. The van der Waals surface area contributed by atoms with Crippen LogP contribution in [0.1, 0.15) is 35.9 Å². The highest BCUT2D eigenvalue weighted by Crippen LogP contribution is 2.29. The molecule has 0 fully saturated rings. The molecule has 2 aromatic rings. The second-order valence-corrected chi connectivity index (χ2v) is 3.97. The van der Waals surface area contributed by atoms with E-state index in [0.29, 0.717) is 17.0 Å². The maximum atomic E-state index is 11.3. The smallest absolute Gasteiger partial charge is 0.341 e. The predicted molar refractivity (Wildman–Crippen MR) is 60.8 cm³/mol. The van der Waals surface area contributed by atoms with E-state index in [1.807, 2.05) is 13.8 Å². The SMILES string of the molecule is CC(C)c1onc(-c2ccncc2)c1C(=O)O. The molecule has 0 saturated heterocycles. The molecule has 1 N–H and O–H groups in total. The molecule has 5 nitrogen and oxygen atoms in total. The zero-order valence-corrected chi connectivity index (χ0v) is 9.54. The number of pyridine rings is 1. The third kappa shape index (κ3) is 2.04. The van der Waals surface area contributed by atoms with Crippen LogP contribution in [0, 0.1) is 0 Å². The second kappa shape index (κ2) is 4.37. The lowest BCUT2D eigenvalue weighted by Gasteiger charge is -2.01. The highest BCUT2D eigenvalue weighted by Gasteiger charge is 2.25. The number of carbonyl (C=O) groups is 1. The van der Waals surface area contributed by atoms with Gasteiger partial charge in [-0.1, -0.05) is 19.0 Å². The zero-order chi connectivity index (χ0) is 12.4. The Morgan fingerprint density at radius 3 is 2.53 bits per heavy atom. The van der Waals surface area contributed by atoms with Gasteiger partial charge in [0.25, 0.3) is 0 Å². The van der Waals surface area contributed by atoms with Crippen LogP contribution >= 0.6 is 0 Å². The molecule has 0 bridgehead atoms. The number of aromatic nitrogens is 2. The van der Waals surface area contributed by atoms with Gasteiger partial charge in [-0.15, -0.1) is 0 Å². The summed E-state index contributed by atoms with van der Waals surface area (Å²) in [7, 11) is 0. The number of rotatable bonds is 3. The molecule has 0 saturated carbocycles. The van der Waals surface area contributed by atoms with Crippen molar-refractivity contribution < 1.29 is 14.4 Å². The molecule has 0 amide bonds. The first-order valence-corrected chi connectivity index (χ1v) is 5.24. The van der Waals surface area contributed by atoms with Crippen molar-refractivity contribution in [1.29, 1.82) is 0 Å². The van der Waals surface area contributed by atoms with E-state index in [9.17, 15) is 9.90 Å². The molecule has 2 heterocycles. The molecule has 0 aliphatic carbocycles. The van der Waals surface area contributed by atoms with Gasteiger partial charge in [-0.3, -0.25) is 4.98 Å². The van der Waals surface area contributed by atoms with Crippen LogP contribution < -0.4 is 0 Å². The van der Waals surface area contributed by atoms with Gasteiger partial charge < -0.3 is 9.63 Å². The Hall–Kier alpha value is -2.17. The van der Waals surface area contributed by atoms with Crippen molar-refractivity contribution in [3.8, 4) is 11.3 Å². The minimum absolute atomic E-state index is 0.0239. The minimum Gasteiger partial charge on any atom is -0.477 e. The van der Waals surface area contributed by atoms with Crippen LogP contribution in [-0.2, 0) is 0 Å². The Morgan fingerprint density at radius 2 is 2.00 bits per heavy atom. The first-order valence-electron chi connectivity index (χ1n) is 5.24. The van der Waals surface area contributed by atoms with Gasteiger partial charge in [0.2, 0.25) is 0 Å². The highest BCUT2D eigenvalue weighted by atomic mass is 16.5. The summed E-state index contributed by atoms with van der Waals surface area (Å²) >= 11 is 0. The third-order valence-electron chi connectivity index (χ3n) is 2.41. The lowest BCUT2D eigenvalue weighted by molar-refractivity contribution is 0.0694. The van der Waals surface area contributed by atoms with Gasteiger partial charge in [0, 0.05) is 23.9 Å². The summed E-state index contributed by atoms with van der Waals surface area (Å²) in [6.45, 7) is 3.73. The Balaban J connectivity index is 2.60. The van der Waals surface area contributed by atoms with Crippen molar-refractivity contribution in [2.45, 2.75) is 19.8 Å². The van der Waals surface area contributed by atoms with Crippen LogP contribution in [0.5, 0.6) is 0 Å². The van der Waals surface area contributed by atoms with E-state index < -0.39 is 5.97 Å². The van der Waals surface area contributed by atoms with Gasteiger partial charge in [0.15, 0.2) is 5.76 Å². The van der Waals surface area contributed by atoms with Gasteiger partial charge >= 0.3 is 5.97 Å². The van der Waals surface area contributed by atoms with E-state index >= 15 is 0 Å². The van der Waals surface area contributed by atoms with Gasteiger partial charge in [0.1, 0.15) is 11.3 Å². The standard InChI is InChI=1S/C12H12N2O3/c1-7(2)11-9(12(15)16)10(14-17-11)8-3-5-13-6-4-8/h3-7H,1-2H3,(H,15,16). The largest absolute Gasteiger partial charge is 0.477 e. The fourth-order valence-electron chi connectivity index (χ4n) is 1.61. The fraction of sp³-hybridized carbons (Fsp3) is 0.250. The normalized spacial score (nSPS) is 10.8. The van der Waals surface area contributed by atoms with E-state index in [0.717, 1.165) is 0 Å². The maximum Gasteiger partial charge on any atom is 0.341 e. The van der Waals surface area contributed by atoms with Crippen molar-refractivity contribution in [2.75, 3.05) is 0 Å². The Labute approximate surface area is 98.1 Å². The van der Waals surface area contributed by atoms with Crippen molar-refractivity contribution in [3.63, 3.8) is 0 Å². The highest BCUT2D eigenvalue weighted by molar-refractivity contribution is 5.95. The molecular weight excluding hydrogens is 220 g/mol. The van der Waals surface area contributed by atoms with Gasteiger partial charge in [-0.25, -0.2) is 4.79 Å². The minimum atomic E-state index is -1.03. The summed E-state index contributed by atoms with van der Waals surface area (Å²) in [5, 5.41) is 13.1. The molecule has 17 heavy (non-hydrogen) atoms. The molecule has 0 aromatic carbocycles. The number of carboxylic acid groups (broad SMARTS) is 1. The molecule has 2 rings (SSSR count). The molecule has 0 aliphatic rings. The molecule has 0 radical (unpaired) electrons. The van der Waals surface area contributed by atoms with E-state index in [1.54, 1.807) is 24.5 Å². The fourth-order valence-corrected chi connectivity index (χ4v) is 1.61. The number of aromatic carboxylic acids is 1. The summed E-state index contributed by atoms with van der Waals surface area (Å²) in [4.78, 5) is 15.1. The van der Waals surface area contributed by atoms with Crippen LogP contribution in [0.4, 0.5) is 0 Å². The van der Waals surface area contributed by atoms with Gasteiger partial charge in [-0.05, 0) is 12.1 Å². The molecular formula is C12H12N2O3. The van der Waals surface area contributed by atoms with Gasteiger partial charge in [-0.2, -0.15) is 0 Å². The summed E-state index contributed by atoms with van der Waals surface area (Å²) in [5.41, 5.74) is 1.17.